The van der Waals surface area contributed by atoms with E-state index in [1.165, 1.54) is 11.9 Å². The number of rotatable bonds is 4. The highest BCUT2D eigenvalue weighted by Gasteiger charge is 1.84. The molecule has 0 saturated heterocycles. The molecule has 0 aliphatic carbocycles. The summed E-state index contributed by atoms with van der Waals surface area (Å²) >= 11 is 1.52. The highest BCUT2D eigenvalue weighted by Crippen LogP contribution is 2.10. The molecule has 0 atom stereocenters. The molecule has 0 aromatic heterocycles. The zero-order valence-electron chi connectivity index (χ0n) is 7.55. The van der Waals surface area contributed by atoms with Crippen molar-refractivity contribution in [2.45, 2.75) is 13.8 Å². The van der Waals surface area contributed by atoms with Crippen molar-refractivity contribution >= 4 is 11.9 Å². The fraction of sp³-hybridized carbons (Fsp3) is 0.333. The van der Waals surface area contributed by atoms with Gasteiger partial charge in [-0.05, 0) is 25.1 Å². The molecular formula is C9H17NS. The predicted octanol–water partition coefficient (Wildman–Crippen LogP) is 3.14. The fourth-order valence-electron chi connectivity index (χ4n) is 0.378. The maximum absolute atomic E-state index is 3.62. The number of hydrogen-bond donors (Lipinski definition) is 1. The molecule has 0 amide bonds. The summed E-state index contributed by atoms with van der Waals surface area (Å²) in [5.74, 6) is 0. The van der Waals surface area contributed by atoms with E-state index in [4.69, 9.17) is 0 Å². The number of hydrogen-bond acceptors (Lipinski definition) is 2. The monoisotopic (exact) mass is 171 g/mol. The summed E-state index contributed by atoms with van der Waals surface area (Å²) < 4.78 is 2.93. The molecule has 1 nitrogen and oxygen atoms in total. The Balaban J connectivity index is 0. The fourth-order valence-corrected chi connectivity index (χ4v) is 0.861. The van der Waals surface area contributed by atoms with Gasteiger partial charge in [0.25, 0.3) is 0 Å². The van der Waals surface area contributed by atoms with Gasteiger partial charge >= 0.3 is 0 Å². The predicted molar refractivity (Wildman–Crippen MR) is 56.5 cm³/mol. The van der Waals surface area contributed by atoms with Crippen molar-refractivity contribution in [2.75, 3.05) is 7.05 Å². The molecule has 0 aromatic rings. The van der Waals surface area contributed by atoms with Gasteiger partial charge in [-0.2, -0.15) is 0 Å². The summed E-state index contributed by atoms with van der Waals surface area (Å²) in [7, 11) is 1.87. The highest BCUT2D eigenvalue weighted by atomic mass is 32.2. The van der Waals surface area contributed by atoms with Gasteiger partial charge in [0.15, 0.2) is 0 Å². The van der Waals surface area contributed by atoms with Crippen LogP contribution in [0, 0.1) is 0 Å². The van der Waals surface area contributed by atoms with E-state index in [0.29, 0.717) is 0 Å². The molecule has 0 aromatic carbocycles. The molecule has 0 radical (unpaired) electrons. The van der Waals surface area contributed by atoms with E-state index in [-0.39, 0.29) is 0 Å². The van der Waals surface area contributed by atoms with Crippen LogP contribution in [0.15, 0.2) is 36.3 Å². The second-order valence-electron chi connectivity index (χ2n) is 1.32. The van der Waals surface area contributed by atoms with Gasteiger partial charge in [0.1, 0.15) is 0 Å². The molecule has 0 spiro atoms. The van der Waals surface area contributed by atoms with Crippen LogP contribution in [0.3, 0.4) is 0 Å². The minimum Gasteiger partial charge on any atom is -0.263 e. The Morgan fingerprint density at radius 3 is 2.18 bits per heavy atom. The molecular weight excluding hydrogens is 154 g/mol. The Morgan fingerprint density at radius 2 is 1.91 bits per heavy atom. The van der Waals surface area contributed by atoms with Crippen LogP contribution in [0.2, 0.25) is 0 Å². The summed E-state index contributed by atoms with van der Waals surface area (Å²) in [5, 5.41) is 0. The molecule has 1 N–H and O–H groups in total. The van der Waals surface area contributed by atoms with Crippen molar-refractivity contribution < 1.29 is 0 Å². The molecule has 0 rings (SSSR count). The molecule has 0 bridgehead atoms. The SMILES string of the molecule is C=C/C=C(\C=C)SNC.CC. The van der Waals surface area contributed by atoms with Gasteiger partial charge in [0, 0.05) is 4.91 Å². The Morgan fingerprint density at radius 1 is 1.36 bits per heavy atom. The van der Waals surface area contributed by atoms with Gasteiger partial charge < -0.3 is 0 Å². The Labute approximate surface area is 74.4 Å². The molecule has 0 saturated carbocycles. The quantitative estimate of drug-likeness (QED) is 0.515. The molecule has 11 heavy (non-hydrogen) atoms. The van der Waals surface area contributed by atoms with Crippen LogP contribution in [-0.2, 0) is 0 Å². The van der Waals surface area contributed by atoms with E-state index in [1.807, 2.05) is 27.0 Å². The second kappa shape index (κ2) is 12.2. The van der Waals surface area contributed by atoms with Crippen LogP contribution in [0.5, 0.6) is 0 Å². The summed E-state index contributed by atoms with van der Waals surface area (Å²) in [5.41, 5.74) is 0. The molecule has 0 fully saturated rings. The van der Waals surface area contributed by atoms with E-state index >= 15 is 0 Å². The van der Waals surface area contributed by atoms with Crippen molar-refractivity contribution in [1.29, 1.82) is 0 Å². The number of nitrogens with one attached hydrogen (secondary N) is 1. The molecule has 0 unspecified atom stereocenters. The maximum atomic E-state index is 3.62. The van der Waals surface area contributed by atoms with Gasteiger partial charge in [0.05, 0.1) is 0 Å². The maximum Gasteiger partial charge on any atom is 0.0221 e. The van der Waals surface area contributed by atoms with Crippen LogP contribution in [0.4, 0.5) is 0 Å². The third-order valence-corrected chi connectivity index (χ3v) is 1.45. The van der Waals surface area contributed by atoms with E-state index < -0.39 is 0 Å². The first-order valence-electron chi connectivity index (χ1n) is 3.64. The summed E-state index contributed by atoms with van der Waals surface area (Å²) in [6.45, 7) is 11.2. The van der Waals surface area contributed by atoms with E-state index in [1.54, 1.807) is 12.2 Å². The zero-order chi connectivity index (χ0) is 9.11. The van der Waals surface area contributed by atoms with Crippen LogP contribution < -0.4 is 4.72 Å². The number of allylic oxidation sites excluding steroid dienone is 3. The summed E-state index contributed by atoms with van der Waals surface area (Å²) in [6.07, 6.45) is 5.42. The topological polar surface area (TPSA) is 12.0 Å². The van der Waals surface area contributed by atoms with Gasteiger partial charge in [-0.25, -0.2) is 0 Å². The first kappa shape index (κ1) is 13.1. The largest absolute Gasteiger partial charge is 0.263 e. The van der Waals surface area contributed by atoms with Gasteiger partial charge in [-0.1, -0.05) is 39.2 Å². The Kier molecular flexibility index (Phi) is 14.6. The summed E-state index contributed by atoms with van der Waals surface area (Å²) in [4.78, 5) is 1.08. The minimum absolute atomic E-state index is 1.08. The van der Waals surface area contributed by atoms with E-state index in [9.17, 15) is 0 Å². The Bertz CT molecular complexity index is 128. The zero-order valence-corrected chi connectivity index (χ0v) is 8.37. The third-order valence-electron chi connectivity index (χ3n) is 0.703. The summed E-state index contributed by atoms with van der Waals surface area (Å²) in [6, 6.07) is 0. The van der Waals surface area contributed by atoms with Crippen molar-refractivity contribution in [1.82, 2.24) is 4.72 Å². The standard InChI is InChI=1S/C7H11NS.C2H6/c1-4-6-7(5-2)9-8-3;1-2/h4-6,8H,1-2H2,3H3;1-2H3/b7-6+;. The average Bonchev–Trinajstić information content (AvgIpc) is 2.08. The minimum atomic E-state index is 1.08. The van der Waals surface area contributed by atoms with Crippen LogP contribution in [0.1, 0.15) is 13.8 Å². The second-order valence-corrected chi connectivity index (χ2v) is 2.40. The lowest BCUT2D eigenvalue weighted by atomic mass is 10.5. The van der Waals surface area contributed by atoms with Crippen molar-refractivity contribution in [3.05, 3.63) is 36.3 Å². The first-order chi connectivity index (χ1) is 5.35. The van der Waals surface area contributed by atoms with Crippen molar-refractivity contribution in [3.8, 4) is 0 Å². The highest BCUT2D eigenvalue weighted by molar-refractivity contribution is 8.01. The molecule has 2 heteroatoms. The third kappa shape index (κ3) is 9.53. The van der Waals surface area contributed by atoms with Gasteiger partial charge in [0.2, 0.25) is 0 Å². The lowest BCUT2D eigenvalue weighted by molar-refractivity contribution is 1.30. The smallest absolute Gasteiger partial charge is 0.0221 e. The molecule has 0 heterocycles. The van der Waals surface area contributed by atoms with Crippen LogP contribution in [-0.4, -0.2) is 7.05 Å². The van der Waals surface area contributed by atoms with E-state index in [2.05, 4.69) is 17.9 Å². The molecule has 64 valence electrons. The normalized spacial score (nSPS) is 9.55. The molecule has 0 aliphatic heterocycles. The first-order valence-corrected chi connectivity index (χ1v) is 4.45. The van der Waals surface area contributed by atoms with Gasteiger partial charge in [-0.15, -0.1) is 0 Å². The molecule has 0 aliphatic rings. The lowest BCUT2D eigenvalue weighted by Crippen LogP contribution is -1.89. The van der Waals surface area contributed by atoms with Crippen LogP contribution in [0.25, 0.3) is 0 Å². The average molecular weight is 171 g/mol. The Hall–Kier alpha value is -0.470. The van der Waals surface area contributed by atoms with Crippen molar-refractivity contribution in [3.63, 3.8) is 0 Å². The lowest BCUT2D eigenvalue weighted by Gasteiger charge is -1.94. The van der Waals surface area contributed by atoms with Crippen LogP contribution >= 0.6 is 11.9 Å². The van der Waals surface area contributed by atoms with Gasteiger partial charge in [-0.3, -0.25) is 4.72 Å². The van der Waals surface area contributed by atoms with E-state index in [0.717, 1.165) is 4.91 Å². The van der Waals surface area contributed by atoms with Crippen molar-refractivity contribution in [2.24, 2.45) is 0 Å².